The summed E-state index contributed by atoms with van der Waals surface area (Å²) in [6.45, 7) is 16.2. The summed E-state index contributed by atoms with van der Waals surface area (Å²) in [5, 5.41) is 5.75. The predicted molar refractivity (Wildman–Crippen MR) is 225 cm³/mol. The molecule has 0 aliphatic carbocycles. The van der Waals surface area contributed by atoms with Crippen LogP contribution in [0.3, 0.4) is 0 Å². The van der Waals surface area contributed by atoms with E-state index in [4.69, 9.17) is 0 Å². The maximum absolute atomic E-state index is 3.23. The molecule has 4 rings (SSSR count). The Hall–Kier alpha value is -2.39. The molecule has 6 nitrogen and oxygen atoms in total. The van der Waals surface area contributed by atoms with Gasteiger partial charge in [0, 0.05) is 119 Å². The fourth-order valence-electron chi connectivity index (χ4n) is 8.12. The number of anilines is 6. The van der Waals surface area contributed by atoms with Gasteiger partial charge in [0.25, 0.3) is 0 Å². The van der Waals surface area contributed by atoms with E-state index in [1.165, 1.54) is 93.8 Å². The Kier molecular flexibility index (Phi) is 18.1. The summed E-state index contributed by atoms with van der Waals surface area (Å²) < 4.78 is 0. The molecule has 0 bridgehead atoms. The van der Waals surface area contributed by atoms with Gasteiger partial charge in [-0.15, -0.1) is 5.19 Å². The van der Waals surface area contributed by atoms with Crippen LogP contribution in [0.1, 0.15) is 38.9 Å². The average molecular weight is 834 g/mol. The van der Waals surface area contributed by atoms with Crippen molar-refractivity contribution < 1.29 is 58.9 Å². The van der Waals surface area contributed by atoms with Gasteiger partial charge in [-0.05, 0) is 89.4 Å². The zero-order valence-electron chi connectivity index (χ0n) is 35.8. The predicted octanol–water partition coefficient (Wildman–Crippen LogP) is -3.65. The van der Waals surface area contributed by atoms with Crippen molar-refractivity contribution >= 4 is 62.9 Å². The largest absolute Gasteiger partial charge is 4.00 e. The maximum Gasteiger partial charge on any atom is 4.00 e. The summed E-state index contributed by atoms with van der Waals surface area (Å²) in [6.07, 6.45) is 0. The van der Waals surface area contributed by atoms with Gasteiger partial charge in [-0.3, -0.25) is 0 Å². The van der Waals surface area contributed by atoms with Crippen LogP contribution in [0.5, 0.6) is 0 Å². The number of hydrogen-bond donors (Lipinski definition) is 0. The Balaban J connectivity index is 0.00000676. The fourth-order valence-corrected chi connectivity index (χ4v) is 14.4. The normalized spacial score (nSPS) is 10.7. The van der Waals surface area contributed by atoms with E-state index < -0.39 is 8.07 Å². The molecule has 53 heavy (non-hydrogen) atoms. The molecule has 0 radical (unpaired) electrons. The van der Waals surface area contributed by atoms with Crippen molar-refractivity contribution in [3.63, 3.8) is 0 Å². The first-order valence-electron chi connectivity index (χ1n) is 17.4. The van der Waals surface area contributed by atoms with Gasteiger partial charge < -0.3 is 66.6 Å². The number of rotatable bonds is 10. The summed E-state index contributed by atoms with van der Waals surface area (Å²) in [7, 11) is 23.2. The van der Waals surface area contributed by atoms with Crippen molar-refractivity contribution in [3.05, 3.63) is 75.3 Å². The number of benzene rings is 3. The summed E-state index contributed by atoms with van der Waals surface area (Å²) in [5.74, 6) is 0. The SMILES string of the molecule is Cc1cc(N(C)C)c([Si](c2cc(N(C)C)c(C)cc2N(C)C)(c2cc(N(C)C)c(C)cc2N(C)C)[c-]2c(C)c(C)c(C)c2C)cc1N(C)C.[Cl-].[Cl-].[Cl-].[Ti+4]. The minimum Gasteiger partial charge on any atom is -1.00 e. The van der Waals surface area contributed by atoms with Crippen LogP contribution in [0.4, 0.5) is 34.1 Å². The first kappa shape index (κ1) is 50.6. The van der Waals surface area contributed by atoms with E-state index >= 15 is 0 Å². The minimum absolute atomic E-state index is 0. The first-order valence-corrected chi connectivity index (χ1v) is 19.4. The van der Waals surface area contributed by atoms with Gasteiger partial charge in [0.05, 0.1) is 0 Å². The molecule has 0 fully saturated rings. The van der Waals surface area contributed by atoms with Crippen molar-refractivity contribution in [2.24, 2.45) is 0 Å². The molecular formula is C42H63Cl3N6SiTi. The maximum atomic E-state index is 2.55. The fraction of sp³-hybridized carbons (Fsp3) is 0.452. The molecular weight excluding hydrogens is 771 g/mol. The van der Waals surface area contributed by atoms with E-state index in [1.807, 2.05) is 0 Å². The van der Waals surface area contributed by atoms with Gasteiger partial charge >= 0.3 is 21.7 Å². The molecule has 0 N–H and O–H groups in total. The van der Waals surface area contributed by atoms with Gasteiger partial charge in [0.1, 0.15) is 8.07 Å². The molecule has 0 unspecified atom stereocenters. The van der Waals surface area contributed by atoms with Crippen LogP contribution in [0.25, 0.3) is 0 Å². The standard InChI is InChI=1S/C42H63N6Si.3ClH.Ti/c1-26-20-36(46(14)15)39(23-33(26)43(8)9)49(42-31(6)29(4)30(5)32(42)7,40-24-34(44(10)11)27(2)21-37(40)47(16)17)41-25-35(45(12)13)28(3)22-38(41)48(18)19;;;;/h20-25H,1-19H3;3*1H;/q-1;;;;+4/p-3. The molecule has 0 heterocycles. The topological polar surface area (TPSA) is 19.4 Å². The molecule has 0 amide bonds. The molecule has 4 aromatic rings. The van der Waals surface area contributed by atoms with Crippen LogP contribution in [0, 0.1) is 48.5 Å². The Bertz CT molecular complexity index is 1690. The Morgan fingerprint density at radius 3 is 0.755 bits per heavy atom. The third-order valence-electron chi connectivity index (χ3n) is 10.9. The molecule has 0 atom stereocenters. The van der Waals surface area contributed by atoms with E-state index in [1.54, 1.807) is 0 Å². The van der Waals surface area contributed by atoms with Crippen LogP contribution < -0.4 is 87.4 Å². The van der Waals surface area contributed by atoms with E-state index in [9.17, 15) is 0 Å². The van der Waals surface area contributed by atoms with Gasteiger partial charge in [-0.25, -0.2) is 0 Å². The second-order valence-corrected chi connectivity index (χ2v) is 19.1. The van der Waals surface area contributed by atoms with Crippen molar-refractivity contribution in [3.8, 4) is 0 Å². The zero-order chi connectivity index (χ0) is 37.0. The number of aryl methyl sites for hydroxylation is 3. The number of nitrogens with zero attached hydrogens (tertiary/aromatic N) is 6. The minimum atomic E-state index is -3.23. The van der Waals surface area contributed by atoms with Gasteiger partial charge in [0.15, 0.2) is 0 Å². The van der Waals surface area contributed by atoms with Crippen LogP contribution in [0.15, 0.2) is 36.4 Å². The van der Waals surface area contributed by atoms with Gasteiger partial charge in [-0.1, -0.05) is 27.7 Å². The van der Waals surface area contributed by atoms with Crippen molar-refractivity contribution in [2.75, 3.05) is 114 Å². The molecule has 0 spiro atoms. The molecule has 0 saturated heterocycles. The van der Waals surface area contributed by atoms with Crippen LogP contribution in [-0.2, 0) is 21.7 Å². The van der Waals surface area contributed by atoms with E-state index in [2.05, 4.69) is 199 Å². The smallest absolute Gasteiger partial charge is 1.00 e. The van der Waals surface area contributed by atoms with Gasteiger partial charge in [0.2, 0.25) is 0 Å². The van der Waals surface area contributed by atoms with E-state index in [0.717, 1.165) is 0 Å². The molecule has 4 aromatic carbocycles. The monoisotopic (exact) mass is 832 g/mol. The number of halogens is 3. The number of hydrogen-bond acceptors (Lipinski definition) is 6. The van der Waals surface area contributed by atoms with E-state index in [0.29, 0.717) is 0 Å². The third-order valence-corrected chi connectivity index (χ3v) is 16.0. The Labute approximate surface area is 357 Å². The Morgan fingerprint density at radius 1 is 0.358 bits per heavy atom. The first-order chi connectivity index (χ1) is 22.7. The summed E-state index contributed by atoms with van der Waals surface area (Å²) >= 11 is 0. The molecule has 0 saturated carbocycles. The van der Waals surface area contributed by atoms with Crippen molar-refractivity contribution in [1.29, 1.82) is 0 Å². The summed E-state index contributed by atoms with van der Waals surface area (Å²) in [6, 6.07) is 15.0. The molecule has 0 aliphatic heterocycles. The Morgan fingerprint density at radius 2 is 0.566 bits per heavy atom. The molecule has 0 aliphatic rings. The van der Waals surface area contributed by atoms with Gasteiger partial charge in [-0.2, -0.15) is 22.3 Å². The average Bonchev–Trinajstić information content (AvgIpc) is 3.19. The molecule has 0 aromatic heterocycles. The zero-order valence-corrected chi connectivity index (χ0v) is 40.6. The van der Waals surface area contributed by atoms with Crippen LogP contribution >= 0.6 is 0 Å². The second-order valence-electron chi connectivity index (χ2n) is 15.5. The molecule has 11 heteroatoms. The third kappa shape index (κ3) is 8.71. The molecule has 290 valence electrons. The summed E-state index contributed by atoms with van der Waals surface area (Å²) in [4.78, 5) is 13.9. The van der Waals surface area contributed by atoms with Crippen molar-refractivity contribution in [1.82, 2.24) is 0 Å². The quantitative estimate of drug-likeness (QED) is 0.0928. The van der Waals surface area contributed by atoms with Crippen LogP contribution in [-0.4, -0.2) is 92.6 Å². The summed E-state index contributed by atoms with van der Waals surface area (Å²) in [5.41, 5.74) is 17.0. The second kappa shape index (κ2) is 19.0. The van der Waals surface area contributed by atoms with E-state index in [-0.39, 0.29) is 58.9 Å². The van der Waals surface area contributed by atoms with Crippen molar-refractivity contribution in [2.45, 2.75) is 48.5 Å². The van der Waals surface area contributed by atoms with Crippen LogP contribution in [0.2, 0.25) is 0 Å².